The van der Waals surface area contributed by atoms with E-state index in [1.54, 1.807) is 0 Å². The summed E-state index contributed by atoms with van der Waals surface area (Å²) in [6, 6.07) is 0. The van der Waals surface area contributed by atoms with Crippen LogP contribution in [0.5, 0.6) is 0 Å². The fraction of sp³-hybridized carbons (Fsp3) is 1.00. The van der Waals surface area contributed by atoms with Crippen LogP contribution in [0.2, 0.25) is 0 Å². The molecule has 0 spiro atoms. The van der Waals surface area contributed by atoms with Crippen LogP contribution in [0.3, 0.4) is 0 Å². The van der Waals surface area contributed by atoms with Gasteiger partial charge in [-0.05, 0) is 26.2 Å². The zero-order valence-corrected chi connectivity index (χ0v) is 5.52. The number of hydrogen-bond donors (Lipinski definition) is 1. The highest BCUT2D eigenvalue weighted by atomic mass is 16.5. The third-order valence-corrected chi connectivity index (χ3v) is 1.41. The van der Waals surface area contributed by atoms with E-state index in [9.17, 15) is 0 Å². The Kier molecular flexibility index (Phi) is 3.83. The van der Waals surface area contributed by atoms with Gasteiger partial charge in [0.25, 0.3) is 0 Å². The lowest BCUT2D eigenvalue weighted by molar-refractivity contribution is 0.0285. The minimum absolute atomic E-state index is 0. The van der Waals surface area contributed by atoms with Crippen LogP contribution >= 0.6 is 0 Å². The molecule has 0 amide bonds. The van der Waals surface area contributed by atoms with Crippen LogP contribution in [0.4, 0.5) is 0 Å². The molecule has 0 aromatic heterocycles. The largest absolute Gasteiger partial charge is 0.379 e. The van der Waals surface area contributed by atoms with E-state index in [0.717, 1.165) is 6.61 Å². The van der Waals surface area contributed by atoms with Crippen molar-refractivity contribution in [2.45, 2.75) is 32.3 Å². The molecule has 1 atom stereocenters. The van der Waals surface area contributed by atoms with Crippen molar-refractivity contribution in [3.63, 3.8) is 0 Å². The first kappa shape index (κ1) is 7.92. The normalized spacial score (nSPS) is 28.9. The van der Waals surface area contributed by atoms with Gasteiger partial charge in [-0.2, -0.15) is 0 Å². The average Bonchev–Trinajstić information content (AvgIpc) is 1.69. The minimum atomic E-state index is 0. The van der Waals surface area contributed by atoms with Gasteiger partial charge in [-0.1, -0.05) is 0 Å². The summed E-state index contributed by atoms with van der Waals surface area (Å²) in [5.74, 6) is 0. The van der Waals surface area contributed by atoms with Crippen LogP contribution in [0, 0.1) is 0 Å². The molecule has 1 saturated heterocycles. The number of hydrogen-bond acceptors (Lipinski definition) is 2. The first-order chi connectivity index (χ1) is 3.39. The van der Waals surface area contributed by atoms with Crippen molar-refractivity contribution in [2.24, 2.45) is 0 Å². The molecule has 1 aliphatic rings. The first-order valence-corrected chi connectivity index (χ1v) is 3.01. The van der Waals surface area contributed by atoms with Gasteiger partial charge in [0.15, 0.2) is 0 Å². The summed E-state index contributed by atoms with van der Waals surface area (Å²) in [7, 11) is 0. The van der Waals surface area contributed by atoms with E-state index in [-0.39, 0.29) is 6.15 Å². The summed E-state index contributed by atoms with van der Waals surface area (Å²) in [4.78, 5) is 0. The zero-order valence-electron chi connectivity index (χ0n) is 5.52. The molecular weight excluding hydrogens is 102 g/mol. The third-order valence-electron chi connectivity index (χ3n) is 1.41. The van der Waals surface area contributed by atoms with Crippen molar-refractivity contribution in [1.82, 2.24) is 6.15 Å². The molecule has 0 radical (unpaired) electrons. The quantitative estimate of drug-likeness (QED) is 0.525. The second-order valence-electron chi connectivity index (χ2n) is 2.18. The van der Waals surface area contributed by atoms with Gasteiger partial charge >= 0.3 is 0 Å². The molecule has 0 aliphatic carbocycles. The molecule has 3 N–H and O–H groups in total. The molecule has 1 rings (SSSR count). The Labute approximate surface area is 50.8 Å². The molecule has 0 saturated carbocycles. The Morgan fingerprint density at radius 3 is 2.38 bits per heavy atom. The summed E-state index contributed by atoms with van der Waals surface area (Å²) in [5, 5.41) is 0. The highest BCUT2D eigenvalue weighted by Crippen LogP contribution is 2.10. The van der Waals surface area contributed by atoms with E-state index in [1.165, 1.54) is 19.3 Å². The molecule has 2 heteroatoms. The lowest BCUT2D eigenvalue weighted by Crippen LogP contribution is -2.14. The van der Waals surface area contributed by atoms with Gasteiger partial charge in [0, 0.05) is 6.61 Å². The fourth-order valence-electron chi connectivity index (χ4n) is 0.902. The van der Waals surface area contributed by atoms with Crippen molar-refractivity contribution in [1.29, 1.82) is 0 Å². The summed E-state index contributed by atoms with van der Waals surface area (Å²) < 4.78 is 5.28. The predicted octanol–water partition coefficient (Wildman–Crippen LogP) is 1.74. The third kappa shape index (κ3) is 2.28. The Morgan fingerprint density at radius 1 is 1.38 bits per heavy atom. The Bertz CT molecular complexity index is 50.5. The highest BCUT2D eigenvalue weighted by Gasteiger charge is 2.05. The molecule has 8 heavy (non-hydrogen) atoms. The molecule has 1 aliphatic heterocycles. The number of ether oxygens (including phenoxy) is 1. The predicted molar refractivity (Wildman–Crippen MR) is 34.3 cm³/mol. The van der Waals surface area contributed by atoms with Crippen molar-refractivity contribution < 1.29 is 4.74 Å². The van der Waals surface area contributed by atoms with Crippen molar-refractivity contribution in [3.8, 4) is 0 Å². The molecular formula is C6H15NO. The van der Waals surface area contributed by atoms with Gasteiger partial charge in [-0.3, -0.25) is 0 Å². The van der Waals surface area contributed by atoms with Gasteiger partial charge in [0.05, 0.1) is 6.10 Å². The summed E-state index contributed by atoms with van der Waals surface area (Å²) in [6.45, 7) is 3.13. The summed E-state index contributed by atoms with van der Waals surface area (Å²) in [6.07, 6.45) is 4.43. The second-order valence-corrected chi connectivity index (χ2v) is 2.18. The lowest BCUT2D eigenvalue weighted by atomic mass is 10.1. The molecule has 1 unspecified atom stereocenters. The van der Waals surface area contributed by atoms with E-state index in [4.69, 9.17) is 4.74 Å². The molecule has 1 heterocycles. The van der Waals surface area contributed by atoms with Gasteiger partial charge in [0.1, 0.15) is 0 Å². The molecule has 0 bridgehead atoms. The zero-order chi connectivity index (χ0) is 5.11. The van der Waals surface area contributed by atoms with Gasteiger partial charge < -0.3 is 10.9 Å². The number of rotatable bonds is 0. The van der Waals surface area contributed by atoms with Crippen molar-refractivity contribution in [3.05, 3.63) is 0 Å². The molecule has 0 aromatic carbocycles. The van der Waals surface area contributed by atoms with Gasteiger partial charge in [-0.25, -0.2) is 0 Å². The molecule has 50 valence electrons. The summed E-state index contributed by atoms with van der Waals surface area (Å²) in [5.41, 5.74) is 0. The first-order valence-electron chi connectivity index (χ1n) is 3.01. The molecule has 2 nitrogen and oxygen atoms in total. The fourth-order valence-corrected chi connectivity index (χ4v) is 0.902. The SMILES string of the molecule is CC1CCCCO1.N. The van der Waals surface area contributed by atoms with Crippen LogP contribution in [0.1, 0.15) is 26.2 Å². The topological polar surface area (TPSA) is 44.2 Å². The van der Waals surface area contributed by atoms with Crippen molar-refractivity contribution >= 4 is 0 Å². The maximum Gasteiger partial charge on any atom is 0.0547 e. The minimum Gasteiger partial charge on any atom is -0.379 e. The van der Waals surface area contributed by atoms with E-state index in [2.05, 4.69) is 6.92 Å². The van der Waals surface area contributed by atoms with E-state index >= 15 is 0 Å². The van der Waals surface area contributed by atoms with Crippen LogP contribution < -0.4 is 6.15 Å². The van der Waals surface area contributed by atoms with Crippen LogP contribution in [0.25, 0.3) is 0 Å². The lowest BCUT2D eigenvalue weighted by Gasteiger charge is -2.17. The van der Waals surface area contributed by atoms with Crippen LogP contribution in [-0.2, 0) is 4.74 Å². The Hall–Kier alpha value is -0.0800. The standard InChI is InChI=1S/C6H12O.H3N/c1-6-4-2-3-5-7-6;/h6H,2-5H2,1H3;1H3. The van der Waals surface area contributed by atoms with E-state index in [1.807, 2.05) is 0 Å². The van der Waals surface area contributed by atoms with Crippen LogP contribution in [0.15, 0.2) is 0 Å². The molecule has 1 fully saturated rings. The summed E-state index contributed by atoms with van der Waals surface area (Å²) >= 11 is 0. The van der Waals surface area contributed by atoms with Gasteiger partial charge in [-0.15, -0.1) is 0 Å². The Morgan fingerprint density at radius 2 is 2.12 bits per heavy atom. The maximum atomic E-state index is 5.28. The Balaban J connectivity index is 0.000000490. The average molecular weight is 117 g/mol. The smallest absolute Gasteiger partial charge is 0.0547 e. The van der Waals surface area contributed by atoms with E-state index < -0.39 is 0 Å². The maximum absolute atomic E-state index is 5.28. The molecule has 0 aromatic rings. The van der Waals surface area contributed by atoms with Crippen molar-refractivity contribution in [2.75, 3.05) is 6.61 Å². The van der Waals surface area contributed by atoms with Crippen LogP contribution in [-0.4, -0.2) is 12.7 Å². The second kappa shape index (κ2) is 3.87. The van der Waals surface area contributed by atoms with Gasteiger partial charge in [0.2, 0.25) is 0 Å². The highest BCUT2D eigenvalue weighted by molar-refractivity contribution is 4.55. The monoisotopic (exact) mass is 117 g/mol. The van der Waals surface area contributed by atoms with E-state index in [0.29, 0.717) is 6.10 Å².